The summed E-state index contributed by atoms with van der Waals surface area (Å²) in [6, 6.07) is 7.71. The minimum Gasteiger partial charge on any atom is -0.338 e. The van der Waals surface area contributed by atoms with E-state index >= 15 is 0 Å². The monoisotopic (exact) mass is 367 g/mol. The molecule has 0 saturated carbocycles. The fourth-order valence-electron chi connectivity index (χ4n) is 3.34. The van der Waals surface area contributed by atoms with Crippen molar-refractivity contribution in [2.75, 3.05) is 42.5 Å². The quantitative estimate of drug-likeness (QED) is 0.824. The number of hydrogen-bond acceptors (Lipinski definition) is 5. The van der Waals surface area contributed by atoms with Crippen LogP contribution in [0.4, 0.5) is 11.6 Å². The Kier molecular flexibility index (Phi) is 5.69. The Bertz CT molecular complexity index is 796. The summed E-state index contributed by atoms with van der Waals surface area (Å²) < 4.78 is 0. The number of hydrogen-bond donors (Lipinski definition) is 0. The Morgan fingerprint density at radius 2 is 1.59 bits per heavy atom. The number of carbonyl (C=O) groups excluding carboxylic acids is 2. The number of amides is 2. The smallest absolute Gasteiger partial charge is 0.242 e. The molecule has 2 amide bonds. The summed E-state index contributed by atoms with van der Waals surface area (Å²) >= 11 is 0. The maximum atomic E-state index is 12.8. The molecule has 7 nitrogen and oxygen atoms in total. The lowest BCUT2D eigenvalue weighted by Gasteiger charge is -2.35. The fraction of sp³-hybridized carbons (Fsp3) is 0.400. The SMILES string of the molecule is CC(=O)N(CC(=O)N1CCN(c2ncccn2)CC1)c1cc(C)cc(C)c1. The minimum atomic E-state index is -0.135. The van der Waals surface area contributed by atoms with Crippen LogP contribution in [0.5, 0.6) is 0 Å². The second kappa shape index (κ2) is 8.16. The first-order valence-electron chi connectivity index (χ1n) is 9.10. The number of aromatic nitrogens is 2. The Hall–Kier alpha value is -2.96. The molecule has 1 aromatic carbocycles. The van der Waals surface area contributed by atoms with Gasteiger partial charge in [-0.25, -0.2) is 9.97 Å². The first kappa shape index (κ1) is 18.8. The van der Waals surface area contributed by atoms with Crippen molar-refractivity contribution in [1.29, 1.82) is 0 Å². The molecular weight excluding hydrogens is 342 g/mol. The number of nitrogens with zero attached hydrogens (tertiary/aromatic N) is 5. The van der Waals surface area contributed by atoms with E-state index in [2.05, 4.69) is 20.9 Å². The zero-order valence-electron chi connectivity index (χ0n) is 16.1. The van der Waals surface area contributed by atoms with E-state index in [4.69, 9.17) is 0 Å². The largest absolute Gasteiger partial charge is 0.338 e. The molecule has 0 bridgehead atoms. The Labute approximate surface area is 159 Å². The van der Waals surface area contributed by atoms with Crippen LogP contribution in [0.2, 0.25) is 0 Å². The van der Waals surface area contributed by atoms with E-state index < -0.39 is 0 Å². The van der Waals surface area contributed by atoms with Crippen molar-refractivity contribution >= 4 is 23.5 Å². The van der Waals surface area contributed by atoms with Crippen molar-refractivity contribution in [3.05, 3.63) is 47.8 Å². The van der Waals surface area contributed by atoms with Gasteiger partial charge in [0, 0.05) is 51.2 Å². The van der Waals surface area contributed by atoms with Crippen LogP contribution in [0.25, 0.3) is 0 Å². The first-order valence-corrected chi connectivity index (χ1v) is 9.10. The third kappa shape index (κ3) is 4.61. The fourth-order valence-corrected chi connectivity index (χ4v) is 3.34. The number of rotatable bonds is 4. The van der Waals surface area contributed by atoms with Gasteiger partial charge in [-0.15, -0.1) is 0 Å². The number of aryl methyl sites for hydroxylation is 2. The number of carbonyl (C=O) groups is 2. The lowest BCUT2D eigenvalue weighted by atomic mass is 10.1. The van der Waals surface area contributed by atoms with Gasteiger partial charge in [0.2, 0.25) is 17.8 Å². The van der Waals surface area contributed by atoms with E-state index in [1.165, 1.54) is 6.92 Å². The zero-order chi connectivity index (χ0) is 19.4. The Morgan fingerprint density at radius 3 is 2.15 bits per heavy atom. The van der Waals surface area contributed by atoms with Crippen molar-refractivity contribution in [3.63, 3.8) is 0 Å². The molecule has 3 rings (SSSR count). The van der Waals surface area contributed by atoms with Gasteiger partial charge in [0.1, 0.15) is 6.54 Å². The van der Waals surface area contributed by atoms with Gasteiger partial charge in [-0.2, -0.15) is 0 Å². The van der Waals surface area contributed by atoms with E-state index in [0.717, 1.165) is 16.8 Å². The van der Waals surface area contributed by atoms with Crippen molar-refractivity contribution in [2.24, 2.45) is 0 Å². The summed E-state index contributed by atoms with van der Waals surface area (Å²) in [7, 11) is 0. The number of benzene rings is 1. The normalized spacial score (nSPS) is 14.2. The molecule has 0 radical (unpaired) electrons. The van der Waals surface area contributed by atoms with Gasteiger partial charge in [0.05, 0.1) is 0 Å². The Balaban J connectivity index is 1.64. The van der Waals surface area contributed by atoms with Crippen LogP contribution in [-0.4, -0.2) is 59.4 Å². The summed E-state index contributed by atoms with van der Waals surface area (Å²) in [6.07, 6.45) is 3.43. The maximum Gasteiger partial charge on any atom is 0.242 e. The van der Waals surface area contributed by atoms with E-state index in [1.54, 1.807) is 28.3 Å². The molecule has 0 atom stereocenters. The van der Waals surface area contributed by atoms with E-state index in [1.807, 2.05) is 26.0 Å². The van der Waals surface area contributed by atoms with Crippen LogP contribution < -0.4 is 9.80 Å². The number of anilines is 2. The van der Waals surface area contributed by atoms with Gasteiger partial charge < -0.3 is 14.7 Å². The van der Waals surface area contributed by atoms with E-state index in [9.17, 15) is 9.59 Å². The van der Waals surface area contributed by atoms with Crippen LogP contribution >= 0.6 is 0 Å². The van der Waals surface area contributed by atoms with Crippen molar-refractivity contribution < 1.29 is 9.59 Å². The highest BCUT2D eigenvalue weighted by atomic mass is 16.2. The highest BCUT2D eigenvalue weighted by Crippen LogP contribution is 2.19. The average Bonchev–Trinajstić information content (AvgIpc) is 2.65. The van der Waals surface area contributed by atoms with Gasteiger partial charge in [-0.05, 0) is 43.2 Å². The predicted molar refractivity (Wildman–Crippen MR) is 105 cm³/mol. The molecule has 142 valence electrons. The second-order valence-electron chi connectivity index (χ2n) is 6.87. The topological polar surface area (TPSA) is 69.6 Å². The molecule has 0 N–H and O–H groups in total. The molecule has 2 heterocycles. The van der Waals surface area contributed by atoms with Crippen LogP contribution in [0.3, 0.4) is 0 Å². The zero-order valence-corrected chi connectivity index (χ0v) is 16.1. The second-order valence-corrected chi connectivity index (χ2v) is 6.87. The van der Waals surface area contributed by atoms with E-state index in [0.29, 0.717) is 32.1 Å². The highest BCUT2D eigenvalue weighted by Gasteiger charge is 2.25. The van der Waals surface area contributed by atoms with Crippen molar-refractivity contribution in [2.45, 2.75) is 20.8 Å². The molecule has 0 spiro atoms. The van der Waals surface area contributed by atoms with Gasteiger partial charge in [0.15, 0.2) is 0 Å². The summed E-state index contributed by atoms with van der Waals surface area (Å²) in [5, 5.41) is 0. The van der Waals surface area contributed by atoms with E-state index in [-0.39, 0.29) is 18.4 Å². The van der Waals surface area contributed by atoms with Gasteiger partial charge >= 0.3 is 0 Å². The molecule has 0 unspecified atom stereocenters. The van der Waals surface area contributed by atoms with Crippen molar-refractivity contribution in [3.8, 4) is 0 Å². The summed E-state index contributed by atoms with van der Waals surface area (Å²) in [5.41, 5.74) is 2.91. The summed E-state index contributed by atoms with van der Waals surface area (Å²) in [4.78, 5) is 38.9. The summed E-state index contributed by atoms with van der Waals surface area (Å²) in [6.45, 7) is 8.07. The van der Waals surface area contributed by atoms with Crippen LogP contribution in [-0.2, 0) is 9.59 Å². The molecule has 1 aliphatic rings. The highest BCUT2D eigenvalue weighted by molar-refractivity contribution is 5.97. The molecule has 27 heavy (non-hydrogen) atoms. The van der Waals surface area contributed by atoms with Crippen LogP contribution in [0.1, 0.15) is 18.1 Å². The lowest BCUT2D eigenvalue weighted by molar-refractivity contribution is -0.131. The predicted octanol–water partition coefficient (Wildman–Crippen LogP) is 1.80. The summed E-state index contributed by atoms with van der Waals surface area (Å²) in [5.74, 6) is 0.507. The first-order chi connectivity index (χ1) is 12.9. The average molecular weight is 367 g/mol. The van der Waals surface area contributed by atoms with Crippen LogP contribution in [0, 0.1) is 13.8 Å². The number of piperazine rings is 1. The van der Waals surface area contributed by atoms with Gasteiger partial charge in [-0.3, -0.25) is 9.59 Å². The molecule has 0 aliphatic carbocycles. The standard InChI is InChI=1S/C20H25N5O2/c1-15-11-16(2)13-18(12-15)25(17(3)26)14-19(27)23-7-9-24(10-8-23)20-21-5-4-6-22-20/h4-6,11-13H,7-10,14H2,1-3H3. The third-order valence-corrected chi connectivity index (χ3v) is 4.66. The van der Waals surface area contributed by atoms with Gasteiger partial charge in [-0.1, -0.05) is 6.07 Å². The molecule has 1 saturated heterocycles. The molecule has 7 heteroatoms. The third-order valence-electron chi connectivity index (χ3n) is 4.66. The van der Waals surface area contributed by atoms with Gasteiger partial charge in [0.25, 0.3) is 0 Å². The lowest BCUT2D eigenvalue weighted by Crippen LogP contribution is -2.52. The maximum absolute atomic E-state index is 12.8. The molecule has 1 fully saturated rings. The molecule has 1 aromatic heterocycles. The molecule has 1 aliphatic heterocycles. The Morgan fingerprint density at radius 1 is 1.00 bits per heavy atom. The molecule has 2 aromatic rings. The minimum absolute atomic E-state index is 0.0435. The van der Waals surface area contributed by atoms with Crippen molar-refractivity contribution in [1.82, 2.24) is 14.9 Å². The molecular formula is C20H25N5O2. The van der Waals surface area contributed by atoms with Crippen LogP contribution in [0.15, 0.2) is 36.7 Å².